The highest BCUT2D eigenvalue weighted by atomic mass is 35.5. The van der Waals surface area contributed by atoms with Crippen LogP contribution in [0.25, 0.3) is 11.3 Å². The molecular weight excluding hydrogens is 335 g/mol. The number of hydrogen-bond donors (Lipinski definition) is 1. The van der Waals surface area contributed by atoms with E-state index in [2.05, 4.69) is 10.5 Å². The van der Waals surface area contributed by atoms with E-state index in [1.807, 2.05) is 30.3 Å². The second-order valence-electron chi connectivity index (χ2n) is 4.94. The topological polar surface area (TPSA) is 55.1 Å². The first-order valence-corrected chi connectivity index (χ1v) is 7.59. The molecule has 116 valence electrons. The van der Waals surface area contributed by atoms with Gasteiger partial charge in [-0.2, -0.15) is 0 Å². The Labute approximate surface area is 143 Å². The lowest BCUT2D eigenvalue weighted by Gasteiger charge is -2.07. The molecule has 0 bridgehead atoms. The molecule has 0 aliphatic carbocycles. The summed E-state index contributed by atoms with van der Waals surface area (Å²) in [6.45, 7) is 1.69. The third-order valence-corrected chi connectivity index (χ3v) is 3.69. The zero-order valence-electron chi connectivity index (χ0n) is 12.1. The Morgan fingerprint density at radius 1 is 1.09 bits per heavy atom. The molecule has 23 heavy (non-hydrogen) atoms. The number of aryl methyl sites for hydroxylation is 1. The summed E-state index contributed by atoms with van der Waals surface area (Å²) in [4.78, 5) is 12.6. The minimum absolute atomic E-state index is 0.332. The maximum absolute atomic E-state index is 12.6. The van der Waals surface area contributed by atoms with Gasteiger partial charge in [-0.3, -0.25) is 4.79 Å². The van der Waals surface area contributed by atoms with Gasteiger partial charge in [0.15, 0.2) is 0 Å². The van der Waals surface area contributed by atoms with E-state index in [4.69, 9.17) is 27.7 Å². The van der Waals surface area contributed by atoms with Crippen LogP contribution in [0, 0.1) is 6.92 Å². The van der Waals surface area contributed by atoms with Crippen LogP contribution < -0.4 is 5.32 Å². The highest BCUT2D eigenvalue weighted by Gasteiger charge is 2.21. The lowest BCUT2D eigenvalue weighted by Crippen LogP contribution is -2.13. The minimum atomic E-state index is -0.332. The van der Waals surface area contributed by atoms with Crippen LogP contribution in [0.5, 0.6) is 0 Å². The molecule has 0 aliphatic rings. The largest absolute Gasteiger partial charge is 0.360 e. The van der Waals surface area contributed by atoms with Gasteiger partial charge in [0.05, 0.1) is 0 Å². The molecule has 2 aromatic carbocycles. The van der Waals surface area contributed by atoms with E-state index in [9.17, 15) is 4.79 Å². The summed E-state index contributed by atoms with van der Waals surface area (Å²) < 4.78 is 5.19. The number of carbonyl (C=O) groups excluding carboxylic acids is 1. The zero-order chi connectivity index (χ0) is 16.4. The minimum Gasteiger partial charge on any atom is -0.360 e. The van der Waals surface area contributed by atoms with Gasteiger partial charge in [-0.15, -0.1) is 0 Å². The average molecular weight is 347 g/mol. The number of halogens is 2. The van der Waals surface area contributed by atoms with Crippen molar-refractivity contribution in [2.75, 3.05) is 5.32 Å². The number of nitrogens with zero attached hydrogens (tertiary/aromatic N) is 1. The molecule has 6 heteroatoms. The van der Waals surface area contributed by atoms with Gasteiger partial charge in [0.25, 0.3) is 5.91 Å². The Kier molecular flexibility index (Phi) is 4.37. The first-order valence-electron chi connectivity index (χ1n) is 6.84. The zero-order valence-corrected chi connectivity index (χ0v) is 13.7. The van der Waals surface area contributed by atoms with Gasteiger partial charge >= 0.3 is 0 Å². The number of rotatable bonds is 3. The number of aromatic nitrogens is 1. The van der Waals surface area contributed by atoms with Gasteiger partial charge in [0.2, 0.25) is 0 Å². The number of carbonyl (C=O) groups is 1. The van der Waals surface area contributed by atoms with E-state index in [1.54, 1.807) is 25.1 Å². The van der Waals surface area contributed by atoms with Crippen molar-refractivity contribution in [2.45, 2.75) is 6.92 Å². The summed E-state index contributed by atoms with van der Waals surface area (Å²) >= 11 is 11.9. The molecular formula is C17H12Cl2N2O2. The summed E-state index contributed by atoms with van der Waals surface area (Å²) in [5.41, 5.74) is 2.19. The molecule has 1 amide bonds. The van der Waals surface area contributed by atoms with E-state index in [0.717, 1.165) is 5.56 Å². The van der Waals surface area contributed by atoms with Crippen LogP contribution in [0.2, 0.25) is 10.0 Å². The molecule has 0 spiro atoms. The smallest absolute Gasteiger partial charge is 0.261 e. The van der Waals surface area contributed by atoms with Crippen LogP contribution in [0.4, 0.5) is 5.69 Å². The normalized spacial score (nSPS) is 10.6. The van der Waals surface area contributed by atoms with Crippen molar-refractivity contribution in [1.29, 1.82) is 0 Å². The number of amides is 1. The van der Waals surface area contributed by atoms with E-state index < -0.39 is 0 Å². The molecule has 3 aromatic rings. The monoisotopic (exact) mass is 346 g/mol. The molecule has 0 aliphatic heterocycles. The van der Waals surface area contributed by atoms with Gasteiger partial charge in [-0.25, -0.2) is 0 Å². The second-order valence-corrected chi connectivity index (χ2v) is 5.81. The lowest BCUT2D eigenvalue weighted by atomic mass is 10.1. The van der Waals surface area contributed by atoms with Crippen molar-refractivity contribution < 1.29 is 9.32 Å². The lowest BCUT2D eigenvalue weighted by molar-refractivity contribution is 0.102. The van der Waals surface area contributed by atoms with Crippen molar-refractivity contribution in [1.82, 2.24) is 5.16 Å². The van der Waals surface area contributed by atoms with Gasteiger partial charge < -0.3 is 9.84 Å². The summed E-state index contributed by atoms with van der Waals surface area (Å²) in [5.74, 6) is 0.107. The number of anilines is 1. The first-order chi connectivity index (χ1) is 11.0. The molecule has 0 saturated carbocycles. The Bertz CT molecular complexity index is 840. The third-order valence-electron chi connectivity index (χ3n) is 3.26. The highest BCUT2D eigenvalue weighted by Crippen LogP contribution is 2.27. The molecule has 4 nitrogen and oxygen atoms in total. The number of nitrogens with one attached hydrogen (secondary N) is 1. The van der Waals surface area contributed by atoms with Crippen LogP contribution in [0.15, 0.2) is 53.1 Å². The number of benzene rings is 2. The molecule has 1 aromatic heterocycles. The quantitative estimate of drug-likeness (QED) is 0.708. The second kappa shape index (κ2) is 6.44. The van der Waals surface area contributed by atoms with Gasteiger partial charge in [0.1, 0.15) is 17.0 Å². The molecule has 1 N–H and O–H groups in total. The molecule has 0 fully saturated rings. The fraction of sp³-hybridized carbons (Fsp3) is 0.0588. The van der Waals surface area contributed by atoms with Gasteiger partial charge in [-0.1, -0.05) is 58.7 Å². The SMILES string of the molecule is Cc1onc(-c2ccccc2)c1C(=O)Nc1cc(Cl)cc(Cl)c1. The Morgan fingerprint density at radius 3 is 2.39 bits per heavy atom. The van der Waals surface area contributed by atoms with Gasteiger partial charge in [-0.05, 0) is 25.1 Å². The standard InChI is InChI=1S/C17H12Cl2N2O2/c1-10-15(16(21-23-10)11-5-3-2-4-6-11)17(22)20-14-8-12(18)7-13(19)9-14/h2-9H,1H3,(H,20,22). The Balaban J connectivity index is 1.95. The van der Waals surface area contributed by atoms with Gasteiger partial charge in [0, 0.05) is 21.3 Å². The van der Waals surface area contributed by atoms with Crippen LogP contribution in [-0.4, -0.2) is 11.1 Å². The van der Waals surface area contributed by atoms with E-state index in [0.29, 0.717) is 32.8 Å². The predicted molar refractivity (Wildman–Crippen MR) is 91.1 cm³/mol. The Hall–Kier alpha value is -2.30. The maximum Gasteiger partial charge on any atom is 0.261 e. The van der Waals surface area contributed by atoms with E-state index in [1.165, 1.54) is 0 Å². The molecule has 0 saturated heterocycles. The predicted octanol–water partition coefficient (Wildman–Crippen LogP) is 5.21. The molecule has 0 radical (unpaired) electrons. The summed E-state index contributed by atoms with van der Waals surface area (Å²) in [6.07, 6.45) is 0. The molecule has 1 heterocycles. The summed E-state index contributed by atoms with van der Waals surface area (Å²) in [7, 11) is 0. The van der Waals surface area contributed by atoms with Crippen molar-refractivity contribution in [3.63, 3.8) is 0 Å². The van der Waals surface area contributed by atoms with Crippen LogP contribution >= 0.6 is 23.2 Å². The van der Waals surface area contributed by atoms with Crippen molar-refractivity contribution in [2.24, 2.45) is 0 Å². The average Bonchev–Trinajstić information content (AvgIpc) is 2.89. The molecule has 0 unspecified atom stereocenters. The van der Waals surface area contributed by atoms with E-state index in [-0.39, 0.29) is 5.91 Å². The highest BCUT2D eigenvalue weighted by molar-refractivity contribution is 6.35. The fourth-order valence-corrected chi connectivity index (χ4v) is 2.78. The maximum atomic E-state index is 12.6. The first kappa shape index (κ1) is 15.6. The molecule has 0 atom stereocenters. The van der Waals surface area contributed by atoms with E-state index >= 15 is 0 Å². The molecule has 3 rings (SSSR count). The number of hydrogen-bond acceptors (Lipinski definition) is 3. The summed E-state index contributed by atoms with van der Waals surface area (Å²) in [5, 5.41) is 7.65. The van der Waals surface area contributed by atoms with Crippen molar-refractivity contribution in [3.8, 4) is 11.3 Å². The van der Waals surface area contributed by atoms with Crippen molar-refractivity contribution in [3.05, 3.63) is 69.9 Å². The van der Waals surface area contributed by atoms with Crippen LogP contribution in [0.1, 0.15) is 16.1 Å². The van der Waals surface area contributed by atoms with Crippen LogP contribution in [0.3, 0.4) is 0 Å². The summed E-state index contributed by atoms with van der Waals surface area (Å²) in [6, 6.07) is 14.2. The fourth-order valence-electron chi connectivity index (χ4n) is 2.25. The van der Waals surface area contributed by atoms with Crippen LogP contribution in [-0.2, 0) is 0 Å². The van der Waals surface area contributed by atoms with Crippen molar-refractivity contribution >= 4 is 34.8 Å². The third kappa shape index (κ3) is 3.38. The Morgan fingerprint density at radius 2 is 1.74 bits per heavy atom.